The molecule has 3 heteroatoms. The molecule has 0 spiro atoms. The third kappa shape index (κ3) is 2.32. The van der Waals surface area contributed by atoms with Gasteiger partial charge in [-0.3, -0.25) is 5.32 Å². The maximum Gasteiger partial charge on any atom is 0.0848 e. The summed E-state index contributed by atoms with van der Waals surface area (Å²) in [6.07, 6.45) is 0. The molecule has 0 amide bonds. The van der Waals surface area contributed by atoms with E-state index in [0.29, 0.717) is 0 Å². The SMILES string of the molecule is CC(CO)(NCC#N)c1ccccc1. The van der Waals surface area contributed by atoms with Crippen LogP contribution in [0.4, 0.5) is 0 Å². The van der Waals surface area contributed by atoms with Crippen LogP contribution in [0.1, 0.15) is 12.5 Å². The lowest BCUT2D eigenvalue weighted by atomic mass is 9.93. The minimum atomic E-state index is -0.531. The molecule has 0 aliphatic heterocycles. The summed E-state index contributed by atoms with van der Waals surface area (Å²) in [7, 11) is 0. The van der Waals surface area contributed by atoms with Gasteiger partial charge in [-0.05, 0) is 12.5 Å². The van der Waals surface area contributed by atoms with Crippen molar-refractivity contribution in [2.75, 3.05) is 13.2 Å². The molecule has 0 bridgehead atoms. The Morgan fingerprint density at radius 2 is 2.07 bits per heavy atom. The minimum Gasteiger partial charge on any atom is -0.394 e. The van der Waals surface area contributed by atoms with Crippen LogP contribution in [0.25, 0.3) is 0 Å². The molecule has 2 N–H and O–H groups in total. The maximum absolute atomic E-state index is 9.29. The van der Waals surface area contributed by atoms with E-state index in [9.17, 15) is 5.11 Å². The number of aliphatic hydroxyl groups is 1. The van der Waals surface area contributed by atoms with E-state index in [0.717, 1.165) is 5.56 Å². The third-order valence-corrected chi connectivity index (χ3v) is 2.28. The molecule has 0 saturated carbocycles. The quantitative estimate of drug-likeness (QED) is 0.697. The van der Waals surface area contributed by atoms with Gasteiger partial charge in [-0.1, -0.05) is 30.3 Å². The van der Waals surface area contributed by atoms with E-state index in [4.69, 9.17) is 5.26 Å². The van der Waals surface area contributed by atoms with Crippen LogP contribution in [0.2, 0.25) is 0 Å². The molecule has 3 nitrogen and oxygen atoms in total. The summed E-state index contributed by atoms with van der Waals surface area (Å²) in [5.74, 6) is 0. The van der Waals surface area contributed by atoms with Crippen LogP contribution < -0.4 is 5.32 Å². The molecule has 14 heavy (non-hydrogen) atoms. The van der Waals surface area contributed by atoms with Crippen LogP contribution in [0, 0.1) is 11.3 Å². The minimum absolute atomic E-state index is 0.0291. The zero-order valence-electron chi connectivity index (χ0n) is 8.20. The zero-order chi connectivity index (χ0) is 10.4. The number of nitriles is 1. The van der Waals surface area contributed by atoms with Crippen LogP contribution in [0.15, 0.2) is 30.3 Å². The van der Waals surface area contributed by atoms with Gasteiger partial charge in [0.2, 0.25) is 0 Å². The summed E-state index contributed by atoms with van der Waals surface area (Å²) in [6.45, 7) is 2.07. The molecule has 0 aliphatic rings. The van der Waals surface area contributed by atoms with E-state index in [1.165, 1.54) is 0 Å². The van der Waals surface area contributed by atoms with Crippen molar-refractivity contribution in [2.24, 2.45) is 0 Å². The van der Waals surface area contributed by atoms with Gasteiger partial charge in [-0.25, -0.2) is 0 Å². The second-order valence-electron chi connectivity index (χ2n) is 3.37. The number of aliphatic hydroxyl groups excluding tert-OH is 1. The molecule has 0 heterocycles. The van der Waals surface area contributed by atoms with Crippen molar-refractivity contribution in [3.05, 3.63) is 35.9 Å². The highest BCUT2D eigenvalue weighted by molar-refractivity contribution is 5.23. The first-order chi connectivity index (χ1) is 6.73. The van der Waals surface area contributed by atoms with Crippen LogP contribution in [0.3, 0.4) is 0 Å². The molecule has 0 saturated heterocycles. The van der Waals surface area contributed by atoms with Gasteiger partial charge in [0.1, 0.15) is 0 Å². The number of hydrogen-bond acceptors (Lipinski definition) is 3. The van der Waals surface area contributed by atoms with Crippen molar-refractivity contribution in [2.45, 2.75) is 12.5 Å². The van der Waals surface area contributed by atoms with Gasteiger partial charge >= 0.3 is 0 Å². The first-order valence-corrected chi connectivity index (χ1v) is 4.51. The van der Waals surface area contributed by atoms with Crippen molar-refractivity contribution < 1.29 is 5.11 Å². The lowest BCUT2D eigenvalue weighted by molar-refractivity contribution is 0.180. The summed E-state index contributed by atoms with van der Waals surface area (Å²) in [5, 5.41) is 20.8. The van der Waals surface area contributed by atoms with Crippen LogP contribution in [-0.4, -0.2) is 18.3 Å². The van der Waals surface area contributed by atoms with E-state index >= 15 is 0 Å². The smallest absolute Gasteiger partial charge is 0.0848 e. The lowest BCUT2D eigenvalue weighted by Crippen LogP contribution is -2.43. The average Bonchev–Trinajstić information content (AvgIpc) is 2.27. The zero-order valence-corrected chi connectivity index (χ0v) is 8.20. The van der Waals surface area contributed by atoms with Gasteiger partial charge < -0.3 is 5.11 Å². The Bertz CT molecular complexity index is 318. The van der Waals surface area contributed by atoms with E-state index < -0.39 is 5.54 Å². The molecular formula is C11H14N2O. The summed E-state index contributed by atoms with van der Waals surface area (Å²) in [4.78, 5) is 0. The number of nitrogens with zero attached hydrogens (tertiary/aromatic N) is 1. The highest BCUT2D eigenvalue weighted by Crippen LogP contribution is 2.18. The molecule has 1 rings (SSSR count). The highest BCUT2D eigenvalue weighted by Gasteiger charge is 2.24. The van der Waals surface area contributed by atoms with Gasteiger partial charge in [0, 0.05) is 0 Å². The first-order valence-electron chi connectivity index (χ1n) is 4.51. The fraction of sp³-hybridized carbons (Fsp3) is 0.364. The predicted molar refractivity (Wildman–Crippen MR) is 54.5 cm³/mol. The summed E-state index contributed by atoms with van der Waals surface area (Å²) in [6, 6.07) is 11.6. The molecule has 1 aromatic carbocycles. The predicted octanol–water partition coefficient (Wildman–Crippen LogP) is 1.01. The Labute approximate surface area is 84.0 Å². The monoisotopic (exact) mass is 190 g/mol. The van der Waals surface area contributed by atoms with Crippen molar-refractivity contribution in [3.63, 3.8) is 0 Å². The van der Waals surface area contributed by atoms with Gasteiger partial charge in [-0.2, -0.15) is 5.26 Å². The maximum atomic E-state index is 9.29. The summed E-state index contributed by atoms with van der Waals surface area (Å²) >= 11 is 0. The van der Waals surface area contributed by atoms with Crippen molar-refractivity contribution >= 4 is 0 Å². The van der Waals surface area contributed by atoms with E-state index in [2.05, 4.69) is 5.32 Å². The van der Waals surface area contributed by atoms with Crippen molar-refractivity contribution in [1.82, 2.24) is 5.32 Å². The van der Waals surface area contributed by atoms with Gasteiger partial charge in [0.05, 0.1) is 24.8 Å². The third-order valence-electron chi connectivity index (χ3n) is 2.28. The molecule has 0 radical (unpaired) electrons. The van der Waals surface area contributed by atoms with Crippen LogP contribution in [0.5, 0.6) is 0 Å². The summed E-state index contributed by atoms with van der Waals surface area (Å²) in [5.41, 5.74) is 0.453. The van der Waals surface area contributed by atoms with E-state index in [1.807, 2.05) is 43.3 Å². The Kier molecular flexibility index (Phi) is 3.63. The largest absolute Gasteiger partial charge is 0.394 e. The second-order valence-corrected chi connectivity index (χ2v) is 3.37. The number of hydrogen-bond donors (Lipinski definition) is 2. The van der Waals surface area contributed by atoms with E-state index in [1.54, 1.807) is 0 Å². The van der Waals surface area contributed by atoms with Crippen molar-refractivity contribution in [1.29, 1.82) is 5.26 Å². The second kappa shape index (κ2) is 4.75. The Hall–Kier alpha value is -1.37. The fourth-order valence-electron chi connectivity index (χ4n) is 1.29. The molecule has 0 fully saturated rings. The first kappa shape index (κ1) is 10.7. The average molecular weight is 190 g/mol. The Morgan fingerprint density at radius 3 is 2.57 bits per heavy atom. The highest BCUT2D eigenvalue weighted by atomic mass is 16.3. The molecule has 0 aromatic heterocycles. The molecule has 1 aromatic rings. The summed E-state index contributed by atoms with van der Waals surface area (Å²) < 4.78 is 0. The lowest BCUT2D eigenvalue weighted by Gasteiger charge is -2.28. The van der Waals surface area contributed by atoms with E-state index in [-0.39, 0.29) is 13.2 Å². The number of benzene rings is 1. The topological polar surface area (TPSA) is 56.0 Å². The Morgan fingerprint density at radius 1 is 1.43 bits per heavy atom. The number of rotatable bonds is 4. The fourth-order valence-corrected chi connectivity index (χ4v) is 1.29. The molecule has 1 unspecified atom stereocenters. The van der Waals surface area contributed by atoms with Crippen molar-refractivity contribution in [3.8, 4) is 6.07 Å². The van der Waals surface area contributed by atoms with Crippen LogP contribution in [-0.2, 0) is 5.54 Å². The molecular weight excluding hydrogens is 176 g/mol. The molecule has 0 aliphatic carbocycles. The van der Waals surface area contributed by atoms with Crippen LogP contribution >= 0.6 is 0 Å². The normalized spacial score (nSPS) is 14.4. The number of nitrogens with one attached hydrogen (secondary N) is 1. The molecule has 1 atom stereocenters. The van der Waals surface area contributed by atoms with Gasteiger partial charge in [-0.15, -0.1) is 0 Å². The Balaban J connectivity index is 2.85. The van der Waals surface area contributed by atoms with Gasteiger partial charge in [0.25, 0.3) is 0 Å². The standard InChI is InChI=1S/C11H14N2O/c1-11(9-14,13-8-7-12)10-5-3-2-4-6-10/h2-6,13-14H,8-9H2,1H3. The van der Waals surface area contributed by atoms with Gasteiger partial charge in [0.15, 0.2) is 0 Å². The molecule has 74 valence electrons.